The van der Waals surface area contributed by atoms with Crippen molar-refractivity contribution in [1.29, 1.82) is 0 Å². The van der Waals surface area contributed by atoms with E-state index in [-0.39, 0.29) is 30.7 Å². The summed E-state index contributed by atoms with van der Waals surface area (Å²) in [5.74, 6) is -0.748. The number of halogens is 1. The monoisotopic (exact) mass is 592 g/mol. The van der Waals surface area contributed by atoms with Crippen LogP contribution >= 0.6 is 0 Å². The number of benzene rings is 3. The molecule has 2 fully saturated rings. The quantitative estimate of drug-likeness (QED) is 0.268. The zero-order valence-corrected chi connectivity index (χ0v) is 24.9. The summed E-state index contributed by atoms with van der Waals surface area (Å²) in [6, 6.07) is 20.2. The number of nitrogens with one attached hydrogen (secondary N) is 2. The second-order valence-electron chi connectivity index (χ2n) is 11.6. The molecule has 0 bridgehead atoms. The highest BCUT2D eigenvalue weighted by Gasteiger charge is 2.50. The third kappa shape index (κ3) is 5.35. The van der Waals surface area contributed by atoms with Crippen molar-refractivity contribution >= 4 is 23.4 Å². The topological polar surface area (TPSA) is 101 Å². The summed E-state index contributed by atoms with van der Waals surface area (Å²) in [6.45, 7) is 5.22. The van der Waals surface area contributed by atoms with Crippen LogP contribution in [0.5, 0.6) is 5.75 Å². The van der Waals surface area contributed by atoms with Crippen molar-refractivity contribution in [3.05, 3.63) is 101 Å². The van der Waals surface area contributed by atoms with Crippen molar-refractivity contribution in [3.8, 4) is 28.0 Å². The van der Waals surface area contributed by atoms with Crippen LogP contribution in [0.2, 0.25) is 0 Å². The predicted molar refractivity (Wildman–Crippen MR) is 166 cm³/mol. The van der Waals surface area contributed by atoms with Crippen molar-refractivity contribution in [2.24, 2.45) is 5.41 Å². The van der Waals surface area contributed by atoms with E-state index in [1.807, 2.05) is 61.2 Å². The smallest absolute Gasteiger partial charge is 0.274 e. The lowest BCUT2D eigenvalue weighted by Gasteiger charge is -2.22. The van der Waals surface area contributed by atoms with E-state index in [9.17, 15) is 14.4 Å². The van der Waals surface area contributed by atoms with E-state index in [4.69, 9.17) is 4.74 Å². The van der Waals surface area contributed by atoms with Gasteiger partial charge in [0.25, 0.3) is 5.91 Å². The van der Waals surface area contributed by atoms with Gasteiger partial charge < -0.3 is 10.1 Å². The highest BCUT2D eigenvalue weighted by molar-refractivity contribution is 6.06. The lowest BCUT2D eigenvalue weighted by atomic mass is 9.85. The SMILES string of the molecule is COc1cc(-c2cccc(-c3cccc(NC(=O)c4ccccn4)c3C)c2C)cc(F)c1CN1CCC2(CC(=O)NC2=O)C1. The first-order valence-corrected chi connectivity index (χ1v) is 14.5. The number of hydrogen-bond acceptors (Lipinski definition) is 6. The third-order valence-electron chi connectivity index (χ3n) is 8.84. The summed E-state index contributed by atoms with van der Waals surface area (Å²) >= 11 is 0. The van der Waals surface area contributed by atoms with Gasteiger partial charge in [-0.25, -0.2) is 4.39 Å². The number of aromatic nitrogens is 1. The number of anilines is 1. The van der Waals surface area contributed by atoms with E-state index in [1.54, 1.807) is 24.4 Å². The van der Waals surface area contributed by atoms with Gasteiger partial charge in [0.1, 0.15) is 17.3 Å². The number of carbonyl (C=O) groups is 3. The van der Waals surface area contributed by atoms with Crippen LogP contribution < -0.4 is 15.4 Å². The summed E-state index contributed by atoms with van der Waals surface area (Å²) in [4.78, 5) is 43.2. The van der Waals surface area contributed by atoms with Gasteiger partial charge in [-0.1, -0.05) is 36.4 Å². The Balaban J connectivity index is 1.28. The van der Waals surface area contributed by atoms with Gasteiger partial charge in [-0.15, -0.1) is 0 Å². The fraction of sp³-hybridized carbons (Fsp3) is 0.257. The molecule has 9 heteroatoms. The normalized spacial score (nSPS) is 18.1. The molecule has 44 heavy (non-hydrogen) atoms. The van der Waals surface area contributed by atoms with Crippen LogP contribution in [0.25, 0.3) is 22.3 Å². The fourth-order valence-corrected chi connectivity index (χ4v) is 6.43. The number of likely N-dealkylation sites (tertiary alicyclic amines) is 1. The number of hydrogen-bond donors (Lipinski definition) is 2. The fourth-order valence-electron chi connectivity index (χ4n) is 6.43. The van der Waals surface area contributed by atoms with E-state index in [2.05, 4.69) is 15.6 Å². The molecule has 4 aromatic rings. The second-order valence-corrected chi connectivity index (χ2v) is 11.6. The van der Waals surface area contributed by atoms with Crippen LogP contribution in [0.1, 0.15) is 40.0 Å². The molecule has 3 heterocycles. The lowest BCUT2D eigenvalue weighted by molar-refractivity contribution is -0.128. The number of ether oxygens (including phenoxy) is 1. The maximum atomic E-state index is 15.8. The van der Waals surface area contributed by atoms with E-state index in [1.165, 1.54) is 13.2 Å². The minimum absolute atomic E-state index is 0.176. The number of nitrogens with zero attached hydrogens (tertiary/aromatic N) is 2. The molecule has 2 saturated heterocycles. The molecule has 2 N–H and O–H groups in total. The van der Waals surface area contributed by atoms with Crippen molar-refractivity contribution in [3.63, 3.8) is 0 Å². The molecule has 8 nitrogen and oxygen atoms in total. The van der Waals surface area contributed by atoms with Gasteiger partial charge >= 0.3 is 0 Å². The molecule has 0 radical (unpaired) electrons. The first-order chi connectivity index (χ1) is 21.2. The molecular formula is C35H33FN4O4. The Morgan fingerprint density at radius 3 is 2.48 bits per heavy atom. The number of carbonyl (C=O) groups excluding carboxylic acids is 3. The average Bonchev–Trinajstić information content (AvgIpc) is 3.55. The van der Waals surface area contributed by atoms with E-state index < -0.39 is 11.2 Å². The highest BCUT2D eigenvalue weighted by Crippen LogP contribution is 2.41. The van der Waals surface area contributed by atoms with Gasteiger partial charge in [0.2, 0.25) is 11.8 Å². The van der Waals surface area contributed by atoms with Crippen LogP contribution in [0.3, 0.4) is 0 Å². The Morgan fingerprint density at radius 2 is 1.77 bits per heavy atom. The van der Waals surface area contributed by atoms with Crippen LogP contribution in [-0.2, 0) is 16.1 Å². The minimum Gasteiger partial charge on any atom is -0.496 e. The molecule has 2 aliphatic rings. The average molecular weight is 593 g/mol. The number of amides is 3. The van der Waals surface area contributed by atoms with E-state index >= 15 is 4.39 Å². The van der Waals surface area contributed by atoms with Gasteiger partial charge in [0, 0.05) is 37.0 Å². The van der Waals surface area contributed by atoms with Crippen molar-refractivity contribution in [2.45, 2.75) is 33.2 Å². The molecule has 1 spiro atoms. The van der Waals surface area contributed by atoms with Crippen molar-refractivity contribution in [2.75, 3.05) is 25.5 Å². The van der Waals surface area contributed by atoms with Gasteiger partial charge in [0.15, 0.2) is 0 Å². The standard InChI is InChI=1S/C35H33FN4O4/c1-21-24(8-6-9-25(21)26-10-7-12-29(22(26)2)38-33(42)30-11-4-5-14-37-30)23-16-28(36)27(31(17-23)44-3)19-40-15-13-35(20-40)18-32(41)39-34(35)43/h4-12,14,16-17H,13,15,18-20H2,1-3H3,(H,38,42)(H,39,41,43). The predicted octanol–water partition coefficient (Wildman–Crippen LogP) is 5.67. The van der Waals surface area contributed by atoms with Crippen LogP contribution in [0.15, 0.2) is 72.9 Å². The molecule has 1 atom stereocenters. The molecular weight excluding hydrogens is 559 g/mol. The summed E-state index contributed by atoms with van der Waals surface area (Å²) in [7, 11) is 1.52. The number of methoxy groups -OCH3 is 1. The summed E-state index contributed by atoms with van der Waals surface area (Å²) < 4.78 is 21.5. The summed E-state index contributed by atoms with van der Waals surface area (Å²) in [6.07, 6.45) is 2.32. The summed E-state index contributed by atoms with van der Waals surface area (Å²) in [5, 5.41) is 5.38. The molecule has 2 aliphatic heterocycles. The molecule has 1 unspecified atom stereocenters. The zero-order valence-electron chi connectivity index (χ0n) is 24.9. The van der Waals surface area contributed by atoms with Gasteiger partial charge in [-0.05, 0) is 90.5 Å². The summed E-state index contributed by atoms with van der Waals surface area (Å²) in [5.41, 5.74) is 6.01. The Labute approximate surface area is 255 Å². The Kier molecular flexibility index (Phi) is 7.73. The first-order valence-electron chi connectivity index (χ1n) is 14.5. The third-order valence-corrected chi connectivity index (χ3v) is 8.84. The Bertz CT molecular complexity index is 1790. The Hall–Kier alpha value is -4.89. The van der Waals surface area contributed by atoms with E-state index in [0.717, 1.165) is 27.8 Å². The molecule has 224 valence electrons. The molecule has 3 aromatic carbocycles. The van der Waals surface area contributed by atoms with Gasteiger partial charge in [-0.2, -0.15) is 0 Å². The molecule has 3 amide bonds. The minimum atomic E-state index is -0.727. The van der Waals surface area contributed by atoms with Crippen molar-refractivity contribution < 1.29 is 23.5 Å². The molecule has 0 aliphatic carbocycles. The highest BCUT2D eigenvalue weighted by atomic mass is 19.1. The van der Waals surface area contributed by atoms with Crippen LogP contribution in [0.4, 0.5) is 10.1 Å². The van der Waals surface area contributed by atoms with Gasteiger partial charge in [0.05, 0.1) is 12.5 Å². The number of rotatable bonds is 7. The second kappa shape index (κ2) is 11.7. The van der Waals surface area contributed by atoms with E-state index in [0.29, 0.717) is 47.8 Å². The van der Waals surface area contributed by atoms with Crippen molar-refractivity contribution in [1.82, 2.24) is 15.2 Å². The molecule has 0 saturated carbocycles. The Morgan fingerprint density at radius 1 is 1.02 bits per heavy atom. The van der Waals surface area contributed by atoms with Crippen LogP contribution in [-0.4, -0.2) is 47.8 Å². The lowest BCUT2D eigenvalue weighted by Crippen LogP contribution is -2.34. The maximum absolute atomic E-state index is 15.8. The number of pyridine rings is 1. The largest absolute Gasteiger partial charge is 0.496 e. The molecule has 1 aromatic heterocycles. The van der Waals surface area contributed by atoms with Crippen LogP contribution in [0, 0.1) is 25.1 Å². The molecule has 6 rings (SSSR count). The maximum Gasteiger partial charge on any atom is 0.274 e. The zero-order chi connectivity index (χ0) is 31.0. The first kappa shape index (κ1) is 29.2. The number of imide groups is 1. The van der Waals surface area contributed by atoms with Gasteiger partial charge in [-0.3, -0.25) is 29.6 Å².